The molecule has 0 radical (unpaired) electrons. The third kappa shape index (κ3) is 2.18. The van der Waals surface area contributed by atoms with E-state index >= 15 is 0 Å². The van der Waals surface area contributed by atoms with Gasteiger partial charge in [0.15, 0.2) is 0 Å². The van der Waals surface area contributed by atoms with Gasteiger partial charge in [0, 0.05) is 23.0 Å². The van der Waals surface area contributed by atoms with Crippen molar-refractivity contribution < 1.29 is 0 Å². The van der Waals surface area contributed by atoms with Crippen LogP contribution in [0.4, 0.5) is 0 Å². The molecule has 17 heavy (non-hydrogen) atoms. The summed E-state index contributed by atoms with van der Waals surface area (Å²) < 4.78 is 0. The summed E-state index contributed by atoms with van der Waals surface area (Å²) in [6, 6.07) is 8.41. The van der Waals surface area contributed by atoms with Crippen LogP contribution in [0.5, 0.6) is 0 Å². The van der Waals surface area contributed by atoms with E-state index in [1.54, 1.807) is 0 Å². The van der Waals surface area contributed by atoms with Crippen molar-refractivity contribution in [3.8, 4) is 0 Å². The maximum atomic E-state index is 5.85. The van der Waals surface area contributed by atoms with Crippen LogP contribution in [0.25, 0.3) is 10.9 Å². The van der Waals surface area contributed by atoms with Crippen LogP contribution in [0.1, 0.15) is 37.6 Å². The molecule has 0 spiro atoms. The van der Waals surface area contributed by atoms with Crippen molar-refractivity contribution in [1.29, 1.82) is 0 Å². The molecule has 1 heterocycles. The molecule has 0 bridgehead atoms. The van der Waals surface area contributed by atoms with E-state index < -0.39 is 0 Å². The van der Waals surface area contributed by atoms with E-state index in [1.807, 2.05) is 0 Å². The van der Waals surface area contributed by atoms with Gasteiger partial charge in [0.1, 0.15) is 0 Å². The first kappa shape index (κ1) is 12.1. The summed E-state index contributed by atoms with van der Waals surface area (Å²) in [6.07, 6.45) is 0. The van der Waals surface area contributed by atoms with Gasteiger partial charge in [-0.3, -0.25) is 4.98 Å². The van der Waals surface area contributed by atoms with Crippen molar-refractivity contribution >= 4 is 10.9 Å². The molecular weight excluding hydrogens is 208 g/mol. The Labute approximate surface area is 103 Å². The van der Waals surface area contributed by atoms with Gasteiger partial charge >= 0.3 is 0 Å². The Morgan fingerprint density at radius 2 is 1.94 bits per heavy atom. The molecule has 0 fully saturated rings. The van der Waals surface area contributed by atoms with Crippen LogP contribution >= 0.6 is 0 Å². The number of benzene rings is 1. The van der Waals surface area contributed by atoms with Gasteiger partial charge in [0.2, 0.25) is 0 Å². The van der Waals surface area contributed by atoms with E-state index in [2.05, 4.69) is 52.0 Å². The highest BCUT2D eigenvalue weighted by Gasteiger charge is 2.17. The summed E-state index contributed by atoms with van der Waals surface area (Å²) >= 11 is 0. The highest BCUT2D eigenvalue weighted by atomic mass is 14.7. The van der Waals surface area contributed by atoms with Crippen molar-refractivity contribution in [3.05, 3.63) is 41.1 Å². The number of nitrogens with two attached hydrogens (primary N) is 1. The van der Waals surface area contributed by atoms with Crippen molar-refractivity contribution in [1.82, 2.24) is 4.98 Å². The molecule has 2 N–H and O–H groups in total. The number of hydrogen-bond donors (Lipinski definition) is 1. The summed E-state index contributed by atoms with van der Waals surface area (Å²) in [5, 5.41) is 1.18. The van der Waals surface area contributed by atoms with Crippen LogP contribution in [-0.2, 0) is 12.0 Å². The predicted octanol–water partition coefficient (Wildman–Crippen LogP) is 3.30. The Hall–Kier alpha value is -1.41. The van der Waals surface area contributed by atoms with E-state index in [0.29, 0.717) is 6.54 Å². The van der Waals surface area contributed by atoms with E-state index in [4.69, 9.17) is 10.7 Å². The zero-order valence-electron chi connectivity index (χ0n) is 11.0. The molecule has 2 aromatic rings. The fraction of sp³-hybridized carbons (Fsp3) is 0.400. The summed E-state index contributed by atoms with van der Waals surface area (Å²) in [4.78, 5) is 4.80. The highest BCUT2D eigenvalue weighted by molar-refractivity contribution is 5.85. The largest absolute Gasteiger partial charge is 0.326 e. The van der Waals surface area contributed by atoms with Gasteiger partial charge in [-0.1, -0.05) is 39.0 Å². The van der Waals surface area contributed by atoms with Crippen LogP contribution in [0.3, 0.4) is 0 Å². The molecule has 0 unspecified atom stereocenters. The van der Waals surface area contributed by atoms with Crippen LogP contribution in [-0.4, -0.2) is 4.98 Å². The quantitative estimate of drug-likeness (QED) is 0.813. The van der Waals surface area contributed by atoms with Crippen LogP contribution in [0.2, 0.25) is 0 Å². The second kappa shape index (κ2) is 4.11. The number of aryl methyl sites for hydroxylation is 1. The average molecular weight is 228 g/mol. The fourth-order valence-corrected chi connectivity index (χ4v) is 2.02. The maximum absolute atomic E-state index is 5.85. The zero-order valence-corrected chi connectivity index (χ0v) is 11.0. The lowest BCUT2D eigenvalue weighted by Gasteiger charge is -2.20. The number of para-hydroxylation sites is 1. The van der Waals surface area contributed by atoms with Gasteiger partial charge in [-0.2, -0.15) is 0 Å². The second-order valence-electron chi connectivity index (χ2n) is 5.59. The number of hydrogen-bond acceptors (Lipinski definition) is 2. The number of aromatic nitrogens is 1. The van der Waals surface area contributed by atoms with E-state index in [9.17, 15) is 0 Å². The highest BCUT2D eigenvalue weighted by Crippen LogP contribution is 2.27. The molecule has 90 valence electrons. The molecule has 0 saturated carbocycles. The number of rotatable bonds is 1. The Morgan fingerprint density at radius 1 is 1.24 bits per heavy atom. The Balaban J connectivity index is 2.81. The van der Waals surface area contributed by atoms with E-state index in [1.165, 1.54) is 16.5 Å². The van der Waals surface area contributed by atoms with Gasteiger partial charge in [-0.25, -0.2) is 0 Å². The number of fused-ring (bicyclic) bond motifs is 1. The van der Waals surface area contributed by atoms with Crippen LogP contribution in [0, 0.1) is 6.92 Å². The summed E-state index contributed by atoms with van der Waals surface area (Å²) in [5.74, 6) is 0. The normalized spacial score (nSPS) is 12.1. The number of nitrogens with zero attached hydrogens (tertiary/aromatic N) is 1. The van der Waals surface area contributed by atoms with Gasteiger partial charge < -0.3 is 5.73 Å². The Bertz CT molecular complexity index is 551. The minimum Gasteiger partial charge on any atom is -0.326 e. The smallest absolute Gasteiger partial charge is 0.0737 e. The summed E-state index contributed by atoms with van der Waals surface area (Å²) in [6.45, 7) is 9.20. The number of pyridine rings is 1. The molecular formula is C15H20N2. The molecule has 0 aliphatic rings. The van der Waals surface area contributed by atoms with E-state index in [-0.39, 0.29) is 5.41 Å². The minimum absolute atomic E-state index is 0.0559. The first-order valence-electron chi connectivity index (χ1n) is 6.03. The van der Waals surface area contributed by atoms with Gasteiger partial charge in [-0.05, 0) is 24.1 Å². The van der Waals surface area contributed by atoms with Crippen molar-refractivity contribution in [2.24, 2.45) is 5.73 Å². The first-order chi connectivity index (χ1) is 7.93. The summed E-state index contributed by atoms with van der Waals surface area (Å²) in [5.41, 5.74) is 10.5. The lowest BCUT2D eigenvalue weighted by Crippen LogP contribution is -2.15. The average Bonchev–Trinajstić information content (AvgIpc) is 2.27. The Morgan fingerprint density at radius 3 is 2.53 bits per heavy atom. The zero-order chi connectivity index (χ0) is 12.6. The van der Waals surface area contributed by atoms with Crippen LogP contribution < -0.4 is 5.73 Å². The molecule has 0 aliphatic heterocycles. The van der Waals surface area contributed by atoms with Crippen LogP contribution in [0.15, 0.2) is 24.3 Å². The lowest BCUT2D eigenvalue weighted by molar-refractivity contribution is 0.570. The fourth-order valence-electron chi connectivity index (χ4n) is 2.02. The monoisotopic (exact) mass is 228 g/mol. The molecule has 2 rings (SSSR count). The van der Waals surface area contributed by atoms with Crippen molar-refractivity contribution in [2.75, 3.05) is 0 Å². The second-order valence-corrected chi connectivity index (χ2v) is 5.59. The molecule has 2 heteroatoms. The molecule has 0 aliphatic carbocycles. The van der Waals surface area contributed by atoms with E-state index in [0.717, 1.165) is 11.2 Å². The first-order valence-corrected chi connectivity index (χ1v) is 6.03. The third-order valence-electron chi connectivity index (χ3n) is 3.12. The third-order valence-corrected chi connectivity index (χ3v) is 3.12. The standard InChI is InChI=1S/C15H20N2/c1-10-6-5-7-12-11(9-16)8-13(15(2,3)4)17-14(10)12/h5-8H,9,16H2,1-4H3. The summed E-state index contributed by atoms with van der Waals surface area (Å²) in [7, 11) is 0. The molecule has 1 aromatic heterocycles. The van der Waals surface area contributed by atoms with Gasteiger partial charge in [0.25, 0.3) is 0 Å². The molecule has 0 atom stereocenters. The SMILES string of the molecule is Cc1cccc2c(CN)cc(C(C)(C)C)nc12. The Kier molecular flexibility index (Phi) is 2.92. The van der Waals surface area contributed by atoms with Gasteiger partial charge in [0.05, 0.1) is 5.52 Å². The predicted molar refractivity (Wildman–Crippen MR) is 73.1 cm³/mol. The molecule has 0 saturated heterocycles. The van der Waals surface area contributed by atoms with Gasteiger partial charge in [-0.15, -0.1) is 0 Å². The maximum Gasteiger partial charge on any atom is 0.0737 e. The molecule has 1 aromatic carbocycles. The lowest BCUT2D eigenvalue weighted by atomic mass is 9.89. The topological polar surface area (TPSA) is 38.9 Å². The van der Waals surface area contributed by atoms with Crippen molar-refractivity contribution in [3.63, 3.8) is 0 Å². The molecule has 2 nitrogen and oxygen atoms in total. The molecule has 0 amide bonds. The minimum atomic E-state index is 0.0559. The van der Waals surface area contributed by atoms with Crippen molar-refractivity contribution in [2.45, 2.75) is 39.7 Å².